The van der Waals surface area contributed by atoms with Gasteiger partial charge < -0.3 is 9.84 Å². The Morgan fingerprint density at radius 2 is 1.80 bits per heavy atom. The summed E-state index contributed by atoms with van der Waals surface area (Å²) in [6, 6.07) is 13.7. The summed E-state index contributed by atoms with van der Waals surface area (Å²) in [5.41, 5.74) is 2.42. The fourth-order valence-electron chi connectivity index (χ4n) is 6.33. The number of rotatable bonds is 10. The van der Waals surface area contributed by atoms with E-state index in [1.165, 1.54) is 12.1 Å². The third-order valence-corrected chi connectivity index (χ3v) is 8.65. The molecule has 3 aromatic carbocycles. The molecule has 0 amide bonds. The largest absolute Gasteiger partial charge is 0.486 e. The molecule has 0 aliphatic heterocycles. The fraction of sp³-hybridized carbons (Fsp3) is 0.424. The number of hydrogen-bond acceptors (Lipinski definition) is 2. The molecular weight excluding hydrogens is 520 g/mol. The second kappa shape index (κ2) is 11.3. The lowest BCUT2D eigenvalue weighted by atomic mass is 9.75. The van der Waals surface area contributed by atoms with E-state index in [1.54, 1.807) is 24.3 Å². The molecule has 0 unspecified atom stereocenters. The van der Waals surface area contributed by atoms with E-state index in [9.17, 15) is 23.1 Å². The van der Waals surface area contributed by atoms with Gasteiger partial charge in [0.15, 0.2) is 11.6 Å². The molecule has 2 atom stereocenters. The van der Waals surface area contributed by atoms with Crippen molar-refractivity contribution in [3.63, 3.8) is 0 Å². The van der Waals surface area contributed by atoms with E-state index in [1.807, 2.05) is 6.07 Å². The Morgan fingerprint density at radius 1 is 1.02 bits per heavy atom. The van der Waals surface area contributed by atoms with Crippen LogP contribution >= 0.6 is 0 Å². The first-order valence-electron chi connectivity index (χ1n) is 13.9. The molecule has 5 rings (SSSR count). The van der Waals surface area contributed by atoms with E-state index >= 15 is 4.39 Å². The normalized spacial score (nSPS) is 19.1. The summed E-state index contributed by atoms with van der Waals surface area (Å²) >= 11 is 0. The first kappa shape index (κ1) is 28.2. The molecule has 3 nitrogen and oxygen atoms in total. The van der Waals surface area contributed by atoms with Gasteiger partial charge >= 0.3 is 5.97 Å². The Balaban J connectivity index is 1.47. The lowest BCUT2D eigenvalue weighted by Crippen LogP contribution is -2.17. The molecule has 0 spiro atoms. The summed E-state index contributed by atoms with van der Waals surface area (Å²) in [4.78, 5) is 11.4. The monoisotopic (exact) mass is 554 g/mol. The number of carbonyl (C=O) groups is 1. The number of carboxylic acids is 1. The maximum absolute atomic E-state index is 15.5. The van der Waals surface area contributed by atoms with Gasteiger partial charge in [-0.15, -0.1) is 0 Å². The van der Waals surface area contributed by atoms with E-state index in [0.29, 0.717) is 11.1 Å². The van der Waals surface area contributed by atoms with Crippen LogP contribution in [0, 0.1) is 23.0 Å². The maximum atomic E-state index is 15.5. The van der Waals surface area contributed by atoms with Crippen LogP contribution in [0.25, 0.3) is 11.1 Å². The molecule has 40 heavy (non-hydrogen) atoms. The fourth-order valence-corrected chi connectivity index (χ4v) is 6.33. The van der Waals surface area contributed by atoms with Gasteiger partial charge in [-0.1, -0.05) is 56.7 Å². The molecule has 0 radical (unpaired) electrons. The number of alkyl halides is 2. The van der Waals surface area contributed by atoms with Crippen molar-refractivity contribution in [2.45, 2.75) is 77.2 Å². The van der Waals surface area contributed by atoms with Gasteiger partial charge in [0.05, 0.1) is 6.42 Å². The molecule has 2 aliphatic carbocycles. The van der Waals surface area contributed by atoms with Gasteiger partial charge in [-0.05, 0) is 83.4 Å². The topological polar surface area (TPSA) is 46.5 Å². The van der Waals surface area contributed by atoms with Gasteiger partial charge in [-0.3, -0.25) is 4.79 Å². The molecule has 1 N–H and O–H groups in total. The second-order valence-electron chi connectivity index (χ2n) is 11.9. The van der Waals surface area contributed by atoms with E-state index in [2.05, 4.69) is 13.8 Å². The number of aliphatic carboxylic acids is 1. The minimum absolute atomic E-state index is 0.0490. The lowest BCUT2D eigenvalue weighted by molar-refractivity contribution is -0.137. The second-order valence-corrected chi connectivity index (χ2v) is 11.9. The van der Waals surface area contributed by atoms with E-state index in [4.69, 9.17) is 4.74 Å². The Kier molecular flexibility index (Phi) is 7.94. The Bertz CT molecular complexity index is 1400. The van der Waals surface area contributed by atoms with Crippen LogP contribution in [0.2, 0.25) is 0 Å². The zero-order valence-corrected chi connectivity index (χ0v) is 22.7. The van der Waals surface area contributed by atoms with Crippen LogP contribution in [0.1, 0.15) is 92.9 Å². The first-order valence-corrected chi connectivity index (χ1v) is 13.9. The third-order valence-electron chi connectivity index (χ3n) is 8.65. The van der Waals surface area contributed by atoms with Crippen molar-refractivity contribution in [1.29, 1.82) is 0 Å². The summed E-state index contributed by atoms with van der Waals surface area (Å²) in [6.45, 7) is 4.38. The predicted octanol–water partition coefficient (Wildman–Crippen LogP) is 9.41. The van der Waals surface area contributed by atoms with Crippen molar-refractivity contribution in [2.24, 2.45) is 11.3 Å². The number of halogens is 4. The summed E-state index contributed by atoms with van der Waals surface area (Å²) < 4.78 is 63.3. The number of ether oxygens (including phenoxy) is 1. The van der Waals surface area contributed by atoms with Crippen molar-refractivity contribution in [3.8, 4) is 16.9 Å². The Labute approximate surface area is 232 Å². The van der Waals surface area contributed by atoms with Crippen LogP contribution in [0.5, 0.6) is 5.75 Å². The van der Waals surface area contributed by atoms with Gasteiger partial charge in [0, 0.05) is 17.0 Å². The van der Waals surface area contributed by atoms with Crippen molar-refractivity contribution in [1.82, 2.24) is 0 Å². The van der Waals surface area contributed by atoms with Crippen molar-refractivity contribution < 1.29 is 32.2 Å². The first-order chi connectivity index (χ1) is 19.0. The van der Waals surface area contributed by atoms with Gasteiger partial charge in [-0.2, -0.15) is 0 Å². The predicted molar refractivity (Wildman–Crippen MR) is 146 cm³/mol. The van der Waals surface area contributed by atoms with Crippen LogP contribution < -0.4 is 4.74 Å². The van der Waals surface area contributed by atoms with Crippen LogP contribution in [-0.2, 0) is 11.4 Å². The van der Waals surface area contributed by atoms with Crippen LogP contribution in [0.15, 0.2) is 54.6 Å². The van der Waals surface area contributed by atoms with E-state index in [-0.39, 0.29) is 47.2 Å². The molecular formula is C33H34F4O3. The summed E-state index contributed by atoms with van der Waals surface area (Å²) in [5.74, 6) is -2.15. The maximum Gasteiger partial charge on any atom is 0.303 e. The van der Waals surface area contributed by atoms with Crippen LogP contribution in [-0.4, -0.2) is 11.1 Å². The van der Waals surface area contributed by atoms with Gasteiger partial charge in [0.1, 0.15) is 12.4 Å². The summed E-state index contributed by atoms with van der Waals surface area (Å²) in [5, 5.41) is 9.34. The molecule has 212 valence electrons. The van der Waals surface area contributed by atoms with Gasteiger partial charge in [0.25, 0.3) is 6.43 Å². The number of hydrogen-bond donors (Lipinski definition) is 1. The van der Waals surface area contributed by atoms with E-state index in [0.717, 1.165) is 55.4 Å². The molecule has 2 fully saturated rings. The highest BCUT2D eigenvalue weighted by Crippen LogP contribution is 2.51. The highest BCUT2D eigenvalue weighted by Gasteiger charge is 2.38. The minimum atomic E-state index is -2.71. The number of benzene rings is 3. The highest BCUT2D eigenvalue weighted by atomic mass is 19.3. The molecule has 0 bridgehead atoms. The van der Waals surface area contributed by atoms with Crippen LogP contribution in [0.3, 0.4) is 0 Å². The average molecular weight is 555 g/mol. The standard InChI is InChI=1S/C33H34F4O3/c1-33(2)14-4-6-27(33)25-15-19(8-12-22(25)26-16-21(32(36)37)11-13-28(26)34)18-40-29-7-3-5-23(31(29)35)24(17-30(38)39)20-9-10-20/h3,5,7-8,11-13,15-16,20,24,27,32H,4,6,9-10,14,17-18H2,1-2H3,(H,38,39)/t24-,27-/m1/s1. The van der Waals surface area contributed by atoms with Crippen molar-refractivity contribution in [2.75, 3.05) is 0 Å². The van der Waals surface area contributed by atoms with Crippen molar-refractivity contribution >= 4 is 5.97 Å². The summed E-state index contributed by atoms with van der Waals surface area (Å²) in [7, 11) is 0. The molecule has 2 saturated carbocycles. The highest BCUT2D eigenvalue weighted by molar-refractivity contribution is 5.70. The molecule has 2 aliphatic rings. The third kappa shape index (κ3) is 5.89. The smallest absolute Gasteiger partial charge is 0.303 e. The van der Waals surface area contributed by atoms with Gasteiger partial charge in [-0.25, -0.2) is 17.6 Å². The quantitative estimate of drug-likeness (QED) is 0.254. The SMILES string of the molecule is CC1(C)CCC[C@@H]1c1cc(COc2cccc([C@H](CC(=O)O)C3CC3)c2F)ccc1-c1cc(C(F)F)ccc1F. The molecule has 7 heteroatoms. The molecule has 0 aromatic heterocycles. The molecule has 0 heterocycles. The van der Waals surface area contributed by atoms with Gasteiger partial charge in [0.2, 0.25) is 0 Å². The zero-order valence-electron chi connectivity index (χ0n) is 22.7. The Hall–Kier alpha value is -3.35. The number of carboxylic acid groups (broad SMARTS) is 1. The average Bonchev–Trinajstić information content (AvgIpc) is 3.69. The van der Waals surface area contributed by atoms with Crippen LogP contribution in [0.4, 0.5) is 17.6 Å². The Morgan fingerprint density at radius 3 is 2.45 bits per heavy atom. The molecule has 3 aromatic rings. The molecule has 0 saturated heterocycles. The van der Waals surface area contributed by atoms with Crippen molar-refractivity contribution in [3.05, 3.63) is 88.5 Å². The van der Waals surface area contributed by atoms with E-state index < -0.39 is 29.9 Å². The lowest BCUT2D eigenvalue weighted by Gasteiger charge is -2.30. The zero-order chi connectivity index (χ0) is 28.6. The summed E-state index contributed by atoms with van der Waals surface area (Å²) in [6.07, 6.45) is 1.83. The minimum Gasteiger partial charge on any atom is -0.486 e.